The van der Waals surface area contributed by atoms with Crippen molar-refractivity contribution in [3.8, 4) is 11.3 Å². The molecule has 0 bridgehead atoms. The van der Waals surface area contributed by atoms with E-state index in [1.807, 2.05) is 41.1 Å². The highest BCUT2D eigenvalue weighted by molar-refractivity contribution is 5.90. The zero-order valence-electron chi connectivity index (χ0n) is 17.8. The quantitative estimate of drug-likeness (QED) is 0.381. The summed E-state index contributed by atoms with van der Waals surface area (Å²) in [6.07, 6.45) is 7.99. The summed E-state index contributed by atoms with van der Waals surface area (Å²) < 4.78 is 17.1. The van der Waals surface area contributed by atoms with Crippen molar-refractivity contribution in [3.63, 3.8) is 0 Å². The summed E-state index contributed by atoms with van der Waals surface area (Å²) in [5.74, 6) is 1.13. The highest BCUT2D eigenvalue weighted by Gasteiger charge is 2.32. The van der Waals surface area contributed by atoms with Gasteiger partial charge in [0.1, 0.15) is 11.2 Å². The van der Waals surface area contributed by atoms with Gasteiger partial charge in [-0.1, -0.05) is 0 Å². The summed E-state index contributed by atoms with van der Waals surface area (Å²) in [4.78, 5) is 18.0. The van der Waals surface area contributed by atoms with E-state index in [0.29, 0.717) is 43.2 Å². The molecule has 0 unspecified atom stereocenters. The number of nitrogens with one attached hydrogen (secondary N) is 3. The number of pyridine rings is 2. The molecular formula is C23H22FN9. The predicted molar refractivity (Wildman–Crippen MR) is 124 cm³/mol. The first-order chi connectivity index (χ1) is 16.2. The van der Waals surface area contributed by atoms with Gasteiger partial charge in [-0.2, -0.15) is 5.10 Å². The number of nitrogens with zero attached hydrogens (tertiary/aromatic N) is 6. The summed E-state index contributed by atoms with van der Waals surface area (Å²) in [6.45, 7) is 1.65. The van der Waals surface area contributed by atoms with Crippen molar-refractivity contribution in [2.24, 2.45) is 0 Å². The number of hydrogen-bond donors (Lipinski definition) is 3. The van der Waals surface area contributed by atoms with Gasteiger partial charge in [-0.25, -0.2) is 14.4 Å². The second-order valence-corrected chi connectivity index (χ2v) is 8.33. The Hall–Kier alpha value is -3.92. The SMILES string of the molecule is FC1(Cn2ccc3ncc(Nc4cc(-c5ccnc6cccnc56)[nH]n4)nc32)CCNCC1. The molecule has 6 heterocycles. The Morgan fingerprint density at radius 1 is 1.03 bits per heavy atom. The van der Waals surface area contributed by atoms with E-state index >= 15 is 4.39 Å². The Morgan fingerprint density at radius 3 is 2.85 bits per heavy atom. The van der Waals surface area contributed by atoms with Crippen LogP contribution in [0.4, 0.5) is 16.0 Å². The molecule has 6 rings (SSSR count). The van der Waals surface area contributed by atoms with E-state index < -0.39 is 5.67 Å². The van der Waals surface area contributed by atoms with E-state index in [0.717, 1.165) is 27.8 Å². The van der Waals surface area contributed by atoms with Crippen molar-refractivity contribution in [3.05, 3.63) is 55.1 Å². The molecular weight excluding hydrogens is 421 g/mol. The Labute approximate surface area is 188 Å². The van der Waals surface area contributed by atoms with Crippen LogP contribution in [0.1, 0.15) is 12.8 Å². The van der Waals surface area contributed by atoms with Crippen molar-refractivity contribution in [2.45, 2.75) is 25.1 Å². The van der Waals surface area contributed by atoms with Crippen molar-refractivity contribution >= 4 is 33.8 Å². The number of hydrogen-bond acceptors (Lipinski definition) is 7. The highest BCUT2D eigenvalue weighted by atomic mass is 19.1. The number of aromatic nitrogens is 7. The molecule has 10 heteroatoms. The van der Waals surface area contributed by atoms with Crippen molar-refractivity contribution in [1.82, 2.24) is 40.0 Å². The maximum Gasteiger partial charge on any atom is 0.161 e. The number of rotatable bonds is 5. The Kier molecular flexibility index (Phi) is 4.72. The third-order valence-electron chi connectivity index (χ3n) is 6.04. The summed E-state index contributed by atoms with van der Waals surface area (Å²) in [7, 11) is 0. The minimum absolute atomic E-state index is 0.269. The van der Waals surface area contributed by atoms with Gasteiger partial charge in [0.25, 0.3) is 0 Å². The van der Waals surface area contributed by atoms with E-state index in [1.165, 1.54) is 0 Å². The summed E-state index contributed by atoms with van der Waals surface area (Å²) in [5, 5.41) is 13.8. The van der Waals surface area contributed by atoms with Gasteiger partial charge in [0, 0.05) is 30.2 Å². The molecule has 1 aliphatic rings. The monoisotopic (exact) mass is 443 g/mol. The lowest BCUT2D eigenvalue weighted by Gasteiger charge is -2.30. The maximum absolute atomic E-state index is 15.2. The number of halogens is 1. The average Bonchev–Trinajstić information content (AvgIpc) is 3.46. The van der Waals surface area contributed by atoms with Gasteiger partial charge in [0.15, 0.2) is 17.3 Å². The zero-order chi connectivity index (χ0) is 22.3. The first-order valence-electron chi connectivity index (χ1n) is 10.9. The molecule has 1 fully saturated rings. The third-order valence-corrected chi connectivity index (χ3v) is 6.04. The second-order valence-electron chi connectivity index (χ2n) is 8.33. The van der Waals surface area contributed by atoms with Crippen LogP contribution in [-0.2, 0) is 6.54 Å². The minimum atomic E-state index is -1.24. The smallest absolute Gasteiger partial charge is 0.161 e. The number of H-pyrrole nitrogens is 1. The molecule has 5 aromatic heterocycles. The van der Waals surface area contributed by atoms with Gasteiger partial charge < -0.3 is 15.2 Å². The van der Waals surface area contributed by atoms with Gasteiger partial charge in [-0.3, -0.25) is 15.1 Å². The third kappa shape index (κ3) is 3.78. The van der Waals surface area contributed by atoms with Gasteiger partial charge >= 0.3 is 0 Å². The van der Waals surface area contributed by atoms with Crippen molar-refractivity contribution in [1.29, 1.82) is 0 Å². The molecule has 9 nitrogen and oxygen atoms in total. The van der Waals surface area contributed by atoms with E-state index in [4.69, 9.17) is 0 Å². The molecule has 0 amide bonds. The van der Waals surface area contributed by atoms with Crippen LogP contribution in [0.25, 0.3) is 33.5 Å². The molecule has 1 aliphatic heterocycles. The Morgan fingerprint density at radius 2 is 1.94 bits per heavy atom. The van der Waals surface area contributed by atoms with Crippen LogP contribution in [0, 0.1) is 0 Å². The standard InChI is InChI=1S/C23H22FN9/c24-23(5-9-25-10-6-23)14-33-11-4-17-22(33)30-20(13-28-17)29-19-12-18(31-32-19)15-3-8-26-16-2-1-7-27-21(15)16/h1-4,7-8,11-13,25H,5-6,9-10,14H2,(H2,29,30,31,32). The van der Waals surface area contributed by atoms with Crippen LogP contribution >= 0.6 is 0 Å². The molecule has 0 radical (unpaired) electrons. The molecule has 166 valence electrons. The van der Waals surface area contributed by atoms with Crippen LogP contribution in [0.2, 0.25) is 0 Å². The van der Waals surface area contributed by atoms with Crippen molar-refractivity contribution in [2.75, 3.05) is 18.4 Å². The number of piperidine rings is 1. The molecule has 5 aromatic rings. The fourth-order valence-electron chi connectivity index (χ4n) is 4.33. The average molecular weight is 443 g/mol. The van der Waals surface area contributed by atoms with Crippen LogP contribution < -0.4 is 10.6 Å². The molecule has 0 atom stereocenters. The van der Waals surface area contributed by atoms with Gasteiger partial charge in [-0.15, -0.1) is 0 Å². The number of aromatic amines is 1. The molecule has 0 aliphatic carbocycles. The molecule has 0 spiro atoms. The zero-order valence-corrected chi connectivity index (χ0v) is 17.8. The second kappa shape index (κ2) is 7.89. The number of anilines is 2. The van der Waals surface area contributed by atoms with Crippen LogP contribution in [0.3, 0.4) is 0 Å². The van der Waals surface area contributed by atoms with Crippen molar-refractivity contribution < 1.29 is 4.39 Å². The maximum atomic E-state index is 15.2. The largest absolute Gasteiger partial charge is 0.328 e. The summed E-state index contributed by atoms with van der Waals surface area (Å²) >= 11 is 0. The minimum Gasteiger partial charge on any atom is -0.328 e. The lowest BCUT2D eigenvalue weighted by molar-refractivity contribution is 0.0953. The summed E-state index contributed by atoms with van der Waals surface area (Å²) in [5.41, 5.74) is 3.48. The Bertz CT molecular complexity index is 1430. The van der Waals surface area contributed by atoms with Gasteiger partial charge in [0.05, 0.1) is 29.5 Å². The lowest BCUT2D eigenvalue weighted by Crippen LogP contribution is -2.41. The number of alkyl halides is 1. The van der Waals surface area contributed by atoms with Gasteiger partial charge in [-0.05, 0) is 50.2 Å². The normalized spacial score (nSPS) is 15.8. The molecule has 3 N–H and O–H groups in total. The fraction of sp³-hybridized carbons (Fsp3) is 0.261. The highest BCUT2D eigenvalue weighted by Crippen LogP contribution is 2.29. The first kappa shape index (κ1) is 19.7. The Balaban J connectivity index is 1.27. The van der Waals surface area contributed by atoms with Gasteiger partial charge in [0.2, 0.25) is 0 Å². The van der Waals surface area contributed by atoms with E-state index in [-0.39, 0.29) is 6.54 Å². The van der Waals surface area contributed by atoms with Crippen LogP contribution in [0.5, 0.6) is 0 Å². The van der Waals surface area contributed by atoms with E-state index in [2.05, 4.69) is 40.8 Å². The lowest BCUT2D eigenvalue weighted by atomic mass is 9.94. The fourth-order valence-corrected chi connectivity index (χ4v) is 4.33. The predicted octanol–water partition coefficient (Wildman–Crippen LogP) is 3.60. The van der Waals surface area contributed by atoms with E-state index in [1.54, 1.807) is 18.6 Å². The molecule has 0 saturated carbocycles. The topological polar surface area (TPSA) is 109 Å². The molecule has 0 aromatic carbocycles. The molecule has 1 saturated heterocycles. The van der Waals surface area contributed by atoms with Crippen LogP contribution in [0.15, 0.2) is 55.1 Å². The summed E-state index contributed by atoms with van der Waals surface area (Å²) in [6, 6.07) is 9.44. The first-order valence-corrected chi connectivity index (χ1v) is 10.9. The van der Waals surface area contributed by atoms with E-state index in [9.17, 15) is 0 Å². The molecule has 33 heavy (non-hydrogen) atoms. The van der Waals surface area contributed by atoms with Crippen LogP contribution in [-0.4, -0.2) is 53.5 Å². The number of fused-ring (bicyclic) bond motifs is 2.